The van der Waals surface area contributed by atoms with Crippen LogP contribution in [0.1, 0.15) is 30.5 Å². The van der Waals surface area contributed by atoms with Gasteiger partial charge in [0.1, 0.15) is 11.6 Å². The number of rotatable bonds is 5. The summed E-state index contributed by atoms with van der Waals surface area (Å²) in [7, 11) is 0. The summed E-state index contributed by atoms with van der Waals surface area (Å²) in [4.78, 5) is 0. The molecule has 1 N–H and O–H groups in total. The Kier molecular flexibility index (Phi) is 5.73. The zero-order valence-corrected chi connectivity index (χ0v) is 13.8. The summed E-state index contributed by atoms with van der Waals surface area (Å²) in [6.45, 7) is 2.75. The van der Waals surface area contributed by atoms with Gasteiger partial charge in [0.25, 0.3) is 0 Å². The van der Waals surface area contributed by atoms with Gasteiger partial charge in [-0.3, -0.25) is 0 Å². The Bertz CT molecular complexity index is 582. The van der Waals surface area contributed by atoms with Gasteiger partial charge in [-0.15, -0.1) is 0 Å². The first-order valence-corrected chi connectivity index (χ1v) is 7.83. The van der Waals surface area contributed by atoms with Crippen LogP contribution in [0.15, 0.2) is 40.9 Å². The summed E-state index contributed by atoms with van der Waals surface area (Å²) >= 11 is 9.15. The number of hydrogen-bond donors (Lipinski definition) is 1. The lowest BCUT2D eigenvalue weighted by Gasteiger charge is -2.21. The smallest absolute Gasteiger partial charge is 0.129 e. The molecule has 0 aliphatic heterocycles. The molecule has 112 valence electrons. The van der Waals surface area contributed by atoms with Crippen molar-refractivity contribution >= 4 is 27.5 Å². The Labute approximate surface area is 136 Å². The maximum Gasteiger partial charge on any atom is 0.129 e. The van der Waals surface area contributed by atoms with Crippen molar-refractivity contribution in [1.29, 1.82) is 0 Å². The average Bonchev–Trinajstić information content (AvgIpc) is 2.42. The van der Waals surface area contributed by atoms with Crippen LogP contribution in [0.2, 0.25) is 5.02 Å². The van der Waals surface area contributed by atoms with Gasteiger partial charge in [-0.1, -0.05) is 46.6 Å². The zero-order valence-electron chi connectivity index (χ0n) is 11.5. The molecule has 0 heterocycles. The van der Waals surface area contributed by atoms with E-state index < -0.39 is 0 Å². The van der Waals surface area contributed by atoms with Crippen LogP contribution in [0.25, 0.3) is 0 Å². The molecule has 0 saturated carbocycles. The molecule has 0 spiro atoms. The minimum Gasteiger partial charge on any atom is -0.306 e. The summed E-state index contributed by atoms with van der Waals surface area (Å²) in [5.41, 5.74) is 1.27. The zero-order chi connectivity index (χ0) is 15.4. The van der Waals surface area contributed by atoms with E-state index in [4.69, 9.17) is 11.6 Å². The van der Waals surface area contributed by atoms with Crippen molar-refractivity contribution in [3.63, 3.8) is 0 Å². The Morgan fingerprint density at radius 1 is 1.14 bits per heavy atom. The average molecular weight is 375 g/mol. The fraction of sp³-hybridized carbons (Fsp3) is 0.250. The Balaban J connectivity index is 2.46. The third kappa shape index (κ3) is 4.02. The van der Waals surface area contributed by atoms with Crippen LogP contribution in [0.5, 0.6) is 0 Å². The molecule has 5 heteroatoms. The van der Waals surface area contributed by atoms with E-state index in [0.717, 1.165) is 18.5 Å². The molecule has 21 heavy (non-hydrogen) atoms. The summed E-state index contributed by atoms with van der Waals surface area (Å²) in [6.07, 6.45) is 0.907. The van der Waals surface area contributed by atoms with Crippen LogP contribution in [0.4, 0.5) is 8.78 Å². The van der Waals surface area contributed by atoms with Crippen LogP contribution in [-0.4, -0.2) is 6.54 Å². The monoisotopic (exact) mass is 373 g/mol. The van der Waals surface area contributed by atoms with Gasteiger partial charge < -0.3 is 5.32 Å². The number of hydrogen-bond acceptors (Lipinski definition) is 1. The molecule has 0 aromatic heterocycles. The molecule has 1 nitrogen and oxygen atoms in total. The van der Waals surface area contributed by atoms with E-state index in [9.17, 15) is 8.78 Å². The molecule has 0 radical (unpaired) electrons. The van der Waals surface area contributed by atoms with Crippen molar-refractivity contribution in [2.75, 3.05) is 6.54 Å². The van der Waals surface area contributed by atoms with E-state index in [-0.39, 0.29) is 17.7 Å². The van der Waals surface area contributed by atoms with E-state index >= 15 is 0 Å². The van der Waals surface area contributed by atoms with Gasteiger partial charge in [-0.05, 0) is 42.8 Å². The lowest BCUT2D eigenvalue weighted by Crippen LogP contribution is -2.24. The minimum absolute atomic E-state index is 0.337. The minimum atomic E-state index is -0.382. The highest BCUT2D eigenvalue weighted by atomic mass is 79.9. The second kappa shape index (κ2) is 7.34. The first kappa shape index (κ1) is 16.4. The third-order valence-electron chi connectivity index (χ3n) is 3.15. The molecular weight excluding hydrogens is 360 g/mol. The van der Waals surface area contributed by atoms with Crippen LogP contribution in [0, 0.1) is 11.6 Å². The molecular formula is C16H15BrClF2N. The highest BCUT2D eigenvalue weighted by Crippen LogP contribution is 2.31. The highest BCUT2D eigenvalue weighted by Gasteiger charge is 2.20. The van der Waals surface area contributed by atoms with Crippen LogP contribution in [-0.2, 0) is 0 Å². The standard InChI is InChI=1S/C16H15BrClF2N/c1-2-7-21-16(12-6-4-11(19)9-14(12)17)13-5-3-10(18)8-15(13)20/h3-6,8-9,16,21H,2,7H2,1H3. The topological polar surface area (TPSA) is 12.0 Å². The Morgan fingerprint density at radius 2 is 1.86 bits per heavy atom. The largest absolute Gasteiger partial charge is 0.306 e. The molecule has 0 amide bonds. The van der Waals surface area contributed by atoms with Crippen molar-refractivity contribution in [3.8, 4) is 0 Å². The van der Waals surface area contributed by atoms with Crippen molar-refractivity contribution in [2.24, 2.45) is 0 Å². The molecule has 0 bridgehead atoms. The molecule has 1 atom stereocenters. The molecule has 2 aromatic rings. The molecule has 0 aliphatic rings. The number of nitrogens with one attached hydrogen (secondary N) is 1. The summed E-state index contributed by atoms with van der Waals surface area (Å²) in [5, 5.41) is 3.64. The van der Waals surface area contributed by atoms with Gasteiger partial charge in [0.15, 0.2) is 0 Å². The molecule has 0 aliphatic carbocycles. The first-order valence-electron chi connectivity index (χ1n) is 6.66. The maximum atomic E-state index is 14.2. The van der Waals surface area contributed by atoms with Crippen LogP contribution < -0.4 is 5.32 Å². The lowest BCUT2D eigenvalue weighted by molar-refractivity contribution is 0.544. The van der Waals surface area contributed by atoms with Gasteiger partial charge in [0.05, 0.1) is 6.04 Å². The van der Waals surface area contributed by atoms with Gasteiger partial charge in [-0.25, -0.2) is 8.78 Å². The normalized spacial score (nSPS) is 12.4. The van der Waals surface area contributed by atoms with E-state index in [0.29, 0.717) is 15.1 Å². The lowest BCUT2D eigenvalue weighted by atomic mass is 9.98. The molecule has 2 aromatic carbocycles. The molecule has 1 unspecified atom stereocenters. The molecule has 2 rings (SSSR count). The second-order valence-corrected chi connectivity index (χ2v) is 6.01. The van der Waals surface area contributed by atoms with Gasteiger partial charge >= 0.3 is 0 Å². The van der Waals surface area contributed by atoms with Crippen LogP contribution >= 0.6 is 27.5 Å². The molecule has 0 saturated heterocycles. The van der Waals surface area contributed by atoms with Crippen molar-refractivity contribution in [3.05, 3.63) is 68.7 Å². The predicted octanol–water partition coefficient (Wildman–Crippen LogP) is 5.47. The first-order chi connectivity index (χ1) is 10.0. The third-order valence-corrected chi connectivity index (χ3v) is 4.07. The number of halogens is 4. The SMILES string of the molecule is CCCNC(c1ccc(Cl)cc1F)c1ccc(F)cc1Br. The fourth-order valence-corrected chi connectivity index (χ4v) is 2.89. The summed E-state index contributed by atoms with van der Waals surface area (Å²) < 4.78 is 28.1. The Hall–Kier alpha value is -0.970. The summed E-state index contributed by atoms with van der Waals surface area (Å²) in [5.74, 6) is -0.719. The fourth-order valence-electron chi connectivity index (χ4n) is 2.15. The maximum absolute atomic E-state index is 14.2. The molecule has 0 fully saturated rings. The van der Waals surface area contributed by atoms with Crippen molar-refractivity contribution in [2.45, 2.75) is 19.4 Å². The van der Waals surface area contributed by atoms with Gasteiger partial charge in [0.2, 0.25) is 0 Å². The van der Waals surface area contributed by atoms with Crippen molar-refractivity contribution in [1.82, 2.24) is 5.32 Å². The second-order valence-electron chi connectivity index (χ2n) is 4.72. The Morgan fingerprint density at radius 3 is 2.48 bits per heavy atom. The quantitative estimate of drug-likeness (QED) is 0.732. The van der Waals surface area contributed by atoms with E-state index in [1.54, 1.807) is 18.2 Å². The van der Waals surface area contributed by atoms with E-state index in [1.807, 2.05) is 6.92 Å². The van der Waals surface area contributed by atoms with Gasteiger partial charge in [0, 0.05) is 15.1 Å². The highest BCUT2D eigenvalue weighted by molar-refractivity contribution is 9.10. The van der Waals surface area contributed by atoms with Gasteiger partial charge in [-0.2, -0.15) is 0 Å². The van der Waals surface area contributed by atoms with E-state index in [2.05, 4.69) is 21.2 Å². The predicted molar refractivity (Wildman–Crippen MR) is 85.6 cm³/mol. The van der Waals surface area contributed by atoms with E-state index in [1.165, 1.54) is 18.2 Å². The number of benzene rings is 2. The van der Waals surface area contributed by atoms with Crippen LogP contribution in [0.3, 0.4) is 0 Å². The van der Waals surface area contributed by atoms with Crippen molar-refractivity contribution < 1.29 is 8.78 Å². The summed E-state index contributed by atoms with van der Waals surface area (Å²) in [6, 6.07) is 8.63.